The van der Waals surface area contributed by atoms with Gasteiger partial charge in [-0.15, -0.1) is 11.3 Å². The van der Waals surface area contributed by atoms with Gasteiger partial charge in [-0.2, -0.15) is 0 Å². The molecule has 0 saturated carbocycles. The summed E-state index contributed by atoms with van der Waals surface area (Å²) in [6.07, 6.45) is 0.218. The molecule has 0 aliphatic carbocycles. The third-order valence-electron chi connectivity index (χ3n) is 4.57. The number of esters is 1. The largest absolute Gasteiger partial charge is 0.462 e. The third-order valence-corrected chi connectivity index (χ3v) is 7.45. The molecule has 10 heteroatoms. The van der Waals surface area contributed by atoms with E-state index < -0.39 is 21.7 Å². The molecule has 0 radical (unpaired) electrons. The van der Waals surface area contributed by atoms with E-state index in [2.05, 4.69) is 10.6 Å². The van der Waals surface area contributed by atoms with Crippen LogP contribution in [0.25, 0.3) is 0 Å². The lowest BCUT2D eigenvalue weighted by molar-refractivity contribution is -0.119. The lowest BCUT2D eigenvalue weighted by atomic mass is 10.1. The molecule has 3 rings (SSSR count). The molecule has 1 aliphatic rings. The highest BCUT2D eigenvalue weighted by Gasteiger charge is 2.32. The zero-order valence-electron chi connectivity index (χ0n) is 16.6. The summed E-state index contributed by atoms with van der Waals surface area (Å²) in [6, 6.07) is 6.69. The van der Waals surface area contributed by atoms with E-state index in [4.69, 9.17) is 4.74 Å². The van der Waals surface area contributed by atoms with Gasteiger partial charge in [0, 0.05) is 23.9 Å². The van der Waals surface area contributed by atoms with Gasteiger partial charge in [0.05, 0.1) is 23.7 Å². The summed E-state index contributed by atoms with van der Waals surface area (Å²) in [5.74, 6) is -1.32. The molecule has 2 amide bonds. The summed E-state index contributed by atoms with van der Waals surface area (Å²) in [7, 11) is -3.22. The maximum absolute atomic E-state index is 12.7. The third kappa shape index (κ3) is 5.06. The molecule has 8 nitrogen and oxygen atoms in total. The molecule has 1 aromatic carbocycles. The van der Waals surface area contributed by atoms with Gasteiger partial charge in [0.15, 0.2) is 9.84 Å². The van der Waals surface area contributed by atoms with E-state index in [0.29, 0.717) is 27.5 Å². The first-order valence-electron chi connectivity index (χ1n) is 9.37. The van der Waals surface area contributed by atoms with Gasteiger partial charge in [-0.25, -0.2) is 13.2 Å². The van der Waals surface area contributed by atoms with E-state index >= 15 is 0 Å². The number of fused-ring (bicyclic) bond motifs is 1. The molecule has 1 aromatic heterocycles. The van der Waals surface area contributed by atoms with Crippen LogP contribution in [0.4, 0.5) is 5.00 Å². The number of anilines is 1. The zero-order valence-corrected chi connectivity index (χ0v) is 18.2. The lowest BCUT2D eigenvalue weighted by Gasteiger charge is -2.13. The number of nitrogens with one attached hydrogen (secondary N) is 2. The van der Waals surface area contributed by atoms with Crippen molar-refractivity contribution in [3.05, 3.63) is 51.4 Å². The Labute approximate surface area is 178 Å². The quantitative estimate of drug-likeness (QED) is 0.652. The Balaban J connectivity index is 1.85. The molecule has 0 atom stereocenters. The Hall–Kier alpha value is -2.72. The lowest BCUT2D eigenvalue weighted by Crippen LogP contribution is -2.20. The van der Waals surface area contributed by atoms with Crippen molar-refractivity contribution < 1.29 is 27.5 Å². The fourth-order valence-corrected chi connectivity index (χ4v) is 6.14. The van der Waals surface area contributed by atoms with Gasteiger partial charge in [-0.05, 0) is 36.6 Å². The van der Waals surface area contributed by atoms with Crippen LogP contribution in [-0.2, 0) is 38.1 Å². The maximum Gasteiger partial charge on any atom is 0.341 e. The maximum atomic E-state index is 12.7. The van der Waals surface area contributed by atoms with Gasteiger partial charge in [0.1, 0.15) is 5.00 Å². The number of hydrogen-bond donors (Lipinski definition) is 2. The van der Waals surface area contributed by atoms with E-state index in [0.717, 1.165) is 16.9 Å². The van der Waals surface area contributed by atoms with Gasteiger partial charge in [-0.1, -0.05) is 12.1 Å². The van der Waals surface area contributed by atoms with Crippen LogP contribution in [0.2, 0.25) is 0 Å². The van der Waals surface area contributed by atoms with Gasteiger partial charge < -0.3 is 15.4 Å². The van der Waals surface area contributed by atoms with E-state index in [-0.39, 0.29) is 36.0 Å². The molecule has 0 unspecified atom stereocenters. The second kappa shape index (κ2) is 8.97. The number of sulfone groups is 1. The summed E-state index contributed by atoms with van der Waals surface area (Å²) < 4.78 is 29.1. The number of ether oxygens (including phenoxy) is 1. The van der Waals surface area contributed by atoms with Gasteiger partial charge in [-0.3, -0.25) is 9.59 Å². The minimum absolute atomic E-state index is 0.0354. The van der Waals surface area contributed by atoms with Crippen LogP contribution in [0.3, 0.4) is 0 Å². The number of carbonyl (C=O) groups is 3. The van der Waals surface area contributed by atoms with Crippen molar-refractivity contribution in [2.45, 2.75) is 32.6 Å². The molecule has 0 bridgehead atoms. The van der Waals surface area contributed by atoms with Gasteiger partial charge >= 0.3 is 5.97 Å². The van der Waals surface area contributed by atoms with Crippen LogP contribution >= 0.6 is 11.3 Å². The average molecular weight is 451 g/mol. The van der Waals surface area contributed by atoms with Crippen LogP contribution in [0.5, 0.6) is 0 Å². The molecule has 2 aromatic rings. The Morgan fingerprint density at radius 3 is 2.50 bits per heavy atom. The topological polar surface area (TPSA) is 119 Å². The summed E-state index contributed by atoms with van der Waals surface area (Å²) in [5, 5.41) is 5.71. The molecule has 0 fully saturated rings. The Kier molecular flexibility index (Phi) is 6.57. The van der Waals surface area contributed by atoms with Crippen molar-refractivity contribution in [3.8, 4) is 0 Å². The van der Waals surface area contributed by atoms with Crippen molar-refractivity contribution in [2.75, 3.05) is 17.7 Å². The fourth-order valence-electron chi connectivity index (χ4n) is 3.11. The minimum Gasteiger partial charge on any atom is -0.462 e. The summed E-state index contributed by atoms with van der Waals surface area (Å²) in [5.41, 5.74) is 2.08. The predicted octanol–water partition coefficient (Wildman–Crippen LogP) is 2.28. The molecule has 1 aliphatic heterocycles. The molecule has 2 N–H and O–H groups in total. The van der Waals surface area contributed by atoms with Gasteiger partial charge in [0.2, 0.25) is 5.91 Å². The van der Waals surface area contributed by atoms with Crippen LogP contribution < -0.4 is 10.6 Å². The Morgan fingerprint density at radius 1 is 1.17 bits per heavy atom. The first-order valence-corrected chi connectivity index (χ1v) is 12.0. The summed E-state index contributed by atoms with van der Waals surface area (Å²) in [6.45, 7) is 3.64. The van der Waals surface area contributed by atoms with Crippen LogP contribution in [0.1, 0.15) is 50.6 Å². The standard InChI is InChI=1S/C20H22N2O6S2/c1-3-28-20(25)17-15-8-9-30(26,27)11-16(15)29-19(17)22-18(24)14-6-4-13(5-7-14)10-21-12(2)23/h4-7H,3,8-11H2,1-2H3,(H,21,23)(H,22,24). The molecule has 0 spiro atoms. The van der Waals surface area contributed by atoms with Crippen molar-refractivity contribution in [1.29, 1.82) is 0 Å². The normalized spacial score (nSPS) is 14.5. The number of carbonyl (C=O) groups excluding carboxylic acids is 3. The van der Waals surface area contributed by atoms with Crippen molar-refractivity contribution in [3.63, 3.8) is 0 Å². The number of thiophene rings is 1. The molecule has 160 valence electrons. The second-order valence-corrected chi connectivity index (χ2v) is 10.1. The summed E-state index contributed by atoms with van der Waals surface area (Å²) in [4.78, 5) is 36.8. The van der Waals surface area contributed by atoms with Crippen LogP contribution in [-0.4, -0.2) is 38.6 Å². The molecule has 2 heterocycles. The number of amides is 2. The first kappa shape index (κ1) is 22.0. The number of benzene rings is 1. The molecule has 30 heavy (non-hydrogen) atoms. The van der Waals surface area contributed by atoms with Crippen LogP contribution in [0, 0.1) is 0 Å². The average Bonchev–Trinajstić information content (AvgIpc) is 3.02. The van der Waals surface area contributed by atoms with E-state index in [1.54, 1.807) is 31.2 Å². The van der Waals surface area contributed by atoms with Crippen molar-refractivity contribution in [2.24, 2.45) is 0 Å². The van der Waals surface area contributed by atoms with E-state index in [1.807, 2.05) is 0 Å². The van der Waals surface area contributed by atoms with Gasteiger partial charge in [0.25, 0.3) is 5.91 Å². The highest BCUT2D eigenvalue weighted by Crippen LogP contribution is 2.38. The smallest absolute Gasteiger partial charge is 0.341 e. The highest BCUT2D eigenvalue weighted by atomic mass is 32.2. The SMILES string of the molecule is CCOC(=O)c1c(NC(=O)c2ccc(CNC(C)=O)cc2)sc2c1CCS(=O)(=O)C2. The Morgan fingerprint density at radius 2 is 1.87 bits per heavy atom. The second-order valence-electron chi connectivity index (χ2n) is 6.83. The predicted molar refractivity (Wildman–Crippen MR) is 113 cm³/mol. The fraction of sp³-hybridized carbons (Fsp3) is 0.350. The van der Waals surface area contributed by atoms with E-state index in [1.165, 1.54) is 6.92 Å². The summed E-state index contributed by atoms with van der Waals surface area (Å²) >= 11 is 1.10. The molecule has 0 saturated heterocycles. The van der Waals surface area contributed by atoms with Crippen molar-refractivity contribution >= 4 is 44.0 Å². The number of rotatable bonds is 6. The zero-order chi connectivity index (χ0) is 21.9. The van der Waals surface area contributed by atoms with Crippen molar-refractivity contribution in [1.82, 2.24) is 5.32 Å². The van der Waals surface area contributed by atoms with E-state index in [9.17, 15) is 22.8 Å². The number of hydrogen-bond acceptors (Lipinski definition) is 7. The first-order chi connectivity index (χ1) is 14.2. The molecular formula is C20H22N2O6S2. The van der Waals surface area contributed by atoms with Crippen LogP contribution in [0.15, 0.2) is 24.3 Å². The minimum atomic E-state index is -3.22. The molecular weight excluding hydrogens is 428 g/mol. The highest BCUT2D eigenvalue weighted by molar-refractivity contribution is 7.90. The monoisotopic (exact) mass is 450 g/mol. The Bertz CT molecular complexity index is 1090.